The van der Waals surface area contributed by atoms with E-state index < -0.39 is 0 Å². The van der Waals surface area contributed by atoms with Crippen LogP contribution in [0.3, 0.4) is 0 Å². The van der Waals surface area contributed by atoms with Crippen molar-refractivity contribution in [3.05, 3.63) is 47.9 Å². The lowest BCUT2D eigenvalue weighted by Crippen LogP contribution is -2.24. The van der Waals surface area contributed by atoms with Crippen LogP contribution in [-0.4, -0.2) is 39.6 Å². The van der Waals surface area contributed by atoms with Crippen molar-refractivity contribution in [2.45, 2.75) is 32.2 Å². The lowest BCUT2D eigenvalue weighted by Gasteiger charge is -2.25. The summed E-state index contributed by atoms with van der Waals surface area (Å²) in [6, 6.07) is 10.8. The minimum absolute atomic E-state index is 0.156. The zero-order valence-corrected chi connectivity index (χ0v) is 16.8. The maximum atomic E-state index is 9.75. The summed E-state index contributed by atoms with van der Waals surface area (Å²) in [4.78, 5) is 13.4. The SMILES string of the molecule is CCc1cc(C(C#N)N2CCCC2)ccc1N(C)c1cc2c(cn1)ncn2C. The van der Waals surface area contributed by atoms with Crippen molar-refractivity contribution in [3.63, 3.8) is 0 Å². The van der Waals surface area contributed by atoms with Crippen molar-refractivity contribution >= 4 is 22.5 Å². The van der Waals surface area contributed by atoms with Crippen molar-refractivity contribution in [1.82, 2.24) is 19.4 Å². The lowest BCUT2D eigenvalue weighted by atomic mass is 10.00. The van der Waals surface area contributed by atoms with Crippen molar-refractivity contribution in [1.29, 1.82) is 5.26 Å². The Morgan fingerprint density at radius 1 is 1.21 bits per heavy atom. The van der Waals surface area contributed by atoms with Crippen LogP contribution < -0.4 is 4.90 Å². The number of imidazole rings is 1. The molecule has 2 aromatic heterocycles. The molecule has 1 aromatic carbocycles. The number of likely N-dealkylation sites (tertiary alicyclic amines) is 1. The molecule has 0 spiro atoms. The number of benzene rings is 1. The maximum absolute atomic E-state index is 9.75. The molecule has 1 aliphatic heterocycles. The third-order valence-corrected chi connectivity index (χ3v) is 5.73. The average molecular weight is 374 g/mol. The number of hydrogen-bond acceptors (Lipinski definition) is 5. The van der Waals surface area contributed by atoms with Gasteiger partial charge in [0.15, 0.2) is 0 Å². The number of fused-ring (bicyclic) bond motifs is 1. The highest BCUT2D eigenvalue weighted by atomic mass is 15.2. The lowest BCUT2D eigenvalue weighted by molar-refractivity contribution is 0.294. The van der Waals surface area contributed by atoms with E-state index in [1.807, 2.05) is 31.2 Å². The van der Waals surface area contributed by atoms with Crippen LogP contribution in [0.25, 0.3) is 11.0 Å². The Morgan fingerprint density at radius 2 is 2.00 bits per heavy atom. The Bertz CT molecular complexity index is 1030. The summed E-state index contributed by atoms with van der Waals surface area (Å²) >= 11 is 0. The standard InChI is InChI=1S/C22H26N6/c1-4-16-11-17(21(13-23)28-9-5-6-10-28)7-8-19(16)27(3)22-12-20-18(14-24-22)25-15-26(20)2/h7-8,11-12,14-15,21H,4-6,9-10H2,1-3H3. The molecule has 3 aromatic rings. The van der Waals surface area contributed by atoms with Crippen LogP contribution in [0.5, 0.6) is 0 Å². The molecule has 0 aliphatic carbocycles. The first-order valence-electron chi connectivity index (χ1n) is 9.89. The Balaban J connectivity index is 1.68. The Kier molecular flexibility index (Phi) is 5.01. The number of nitriles is 1. The number of anilines is 2. The van der Waals surface area contributed by atoms with Crippen LogP contribution in [0.1, 0.15) is 36.9 Å². The minimum Gasteiger partial charge on any atom is -0.334 e. The van der Waals surface area contributed by atoms with E-state index >= 15 is 0 Å². The fourth-order valence-electron chi connectivity index (χ4n) is 4.08. The van der Waals surface area contributed by atoms with E-state index in [1.165, 1.54) is 18.4 Å². The van der Waals surface area contributed by atoms with Gasteiger partial charge in [0, 0.05) is 25.8 Å². The van der Waals surface area contributed by atoms with Gasteiger partial charge in [0.1, 0.15) is 17.4 Å². The number of aromatic nitrogens is 3. The van der Waals surface area contributed by atoms with Gasteiger partial charge in [0.05, 0.1) is 24.1 Å². The monoisotopic (exact) mass is 374 g/mol. The van der Waals surface area contributed by atoms with Crippen LogP contribution in [-0.2, 0) is 13.5 Å². The highest BCUT2D eigenvalue weighted by molar-refractivity contribution is 5.79. The second-order valence-corrected chi connectivity index (χ2v) is 7.46. The summed E-state index contributed by atoms with van der Waals surface area (Å²) in [5, 5.41) is 9.75. The third-order valence-electron chi connectivity index (χ3n) is 5.73. The molecule has 1 fully saturated rings. The summed E-state index contributed by atoms with van der Waals surface area (Å²) in [5.74, 6) is 0.884. The normalized spacial score (nSPS) is 15.6. The summed E-state index contributed by atoms with van der Waals surface area (Å²) in [5.41, 5.74) is 5.40. The molecule has 0 radical (unpaired) electrons. The van der Waals surface area contributed by atoms with Crippen molar-refractivity contribution < 1.29 is 0 Å². The van der Waals surface area contributed by atoms with E-state index in [1.54, 1.807) is 0 Å². The molecule has 0 saturated carbocycles. The molecular formula is C22H26N6. The number of rotatable bonds is 5. The molecule has 144 valence electrons. The smallest absolute Gasteiger partial charge is 0.134 e. The molecule has 1 saturated heterocycles. The van der Waals surface area contributed by atoms with Gasteiger partial charge in [0.2, 0.25) is 0 Å². The molecule has 1 aliphatic rings. The topological polar surface area (TPSA) is 61.0 Å². The van der Waals surface area contributed by atoms with Crippen LogP contribution in [0.4, 0.5) is 11.5 Å². The minimum atomic E-state index is -0.156. The summed E-state index contributed by atoms with van der Waals surface area (Å²) in [6.45, 7) is 4.18. The zero-order chi connectivity index (χ0) is 19.7. The van der Waals surface area contributed by atoms with Gasteiger partial charge < -0.3 is 9.47 Å². The van der Waals surface area contributed by atoms with E-state index in [4.69, 9.17) is 0 Å². The fourth-order valence-corrected chi connectivity index (χ4v) is 4.08. The van der Waals surface area contributed by atoms with Gasteiger partial charge >= 0.3 is 0 Å². The molecule has 1 unspecified atom stereocenters. The fraction of sp³-hybridized carbons (Fsp3) is 0.409. The number of nitrogens with zero attached hydrogens (tertiary/aromatic N) is 6. The number of aryl methyl sites for hydroxylation is 2. The van der Waals surface area contributed by atoms with Gasteiger partial charge in [-0.15, -0.1) is 0 Å². The first kappa shape index (κ1) is 18.5. The highest BCUT2D eigenvalue weighted by Gasteiger charge is 2.24. The molecular weight excluding hydrogens is 348 g/mol. The molecule has 1 atom stereocenters. The molecule has 0 bridgehead atoms. The first-order valence-corrected chi connectivity index (χ1v) is 9.89. The van der Waals surface area contributed by atoms with Crippen LogP contribution >= 0.6 is 0 Å². The van der Waals surface area contributed by atoms with E-state index in [0.717, 1.165) is 47.6 Å². The zero-order valence-electron chi connectivity index (χ0n) is 16.8. The molecule has 28 heavy (non-hydrogen) atoms. The van der Waals surface area contributed by atoms with Crippen molar-refractivity contribution in [3.8, 4) is 6.07 Å². The second-order valence-electron chi connectivity index (χ2n) is 7.46. The van der Waals surface area contributed by atoms with Crippen LogP contribution in [0.2, 0.25) is 0 Å². The highest BCUT2D eigenvalue weighted by Crippen LogP contribution is 2.32. The quantitative estimate of drug-likeness (QED) is 0.676. The number of pyridine rings is 1. The summed E-state index contributed by atoms with van der Waals surface area (Å²) < 4.78 is 2.01. The van der Waals surface area contributed by atoms with Gasteiger partial charge in [-0.25, -0.2) is 9.97 Å². The van der Waals surface area contributed by atoms with Crippen LogP contribution in [0.15, 0.2) is 36.8 Å². The van der Waals surface area contributed by atoms with Crippen molar-refractivity contribution in [2.75, 3.05) is 25.0 Å². The third kappa shape index (κ3) is 3.23. The van der Waals surface area contributed by atoms with Gasteiger partial charge in [-0.3, -0.25) is 4.90 Å². The summed E-state index contributed by atoms with van der Waals surface area (Å²) in [7, 11) is 4.03. The molecule has 3 heterocycles. The second kappa shape index (κ2) is 7.61. The van der Waals surface area contributed by atoms with Crippen LogP contribution in [0, 0.1) is 11.3 Å². The largest absolute Gasteiger partial charge is 0.334 e. The van der Waals surface area contributed by atoms with Gasteiger partial charge in [-0.05, 0) is 49.5 Å². The molecule has 0 N–H and O–H groups in total. The van der Waals surface area contributed by atoms with Gasteiger partial charge in [0.25, 0.3) is 0 Å². The molecule has 0 amide bonds. The Hall–Kier alpha value is -2.91. The first-order chi connectivity index (χ1) is 13.6. The Labute approximate surface area is 166 Å². The van der Waals surface area contributed by atoms with E-state index in [2.05, 4.69) is 57.0 Å². The Morgan fingerprint density at radius 3 is 2.71 bits per heavy atom. The molecule has 4 rings (SSSR count). The van der Waals surface area contributed by atoms with E-state index in [0.29, 0.717) is 0 Å². The predicted octanol–water partition coefficient (Wildman–Crippen LogP) is 3.96. The van der Waals surface area contributed by atoms with Gasteiger partial charge in [-0.1, -0.05) is 19.1 Å². The maximum Gasteiger partial charge on any atom is 0.134 e. The van der Waals surface area contributed by atoms with E-state index in [9.17, 15) is 5.26 Å². The average Bonchev–Trinajstić information content (AvgIpc) is 3.38. The number of hydrogen-bond donors (Lipinski definition) is 0. The molecule has 6 heteroatoms. The molecule has 6 nitrogen and oxygen atoms in total. The van der Waals surface area contributed by atoms with Crippen molar-refractivity contribution in [2.24, 2.45) is 7.05 Å². The van der Waals surface area contributed by atoms with Gasteiger partial charge in [-0.2, -0.15) is 5.26 Å². The summed E-state index contributed by atoms with van der Waals surface area (Å²) in [6.07, 6.45) is 6.90. The van der Waals surface area contributed by atoms with E-state index in [-0.39, 0.29) is 6.04 Å². The predicted molar refractivity (Wildman–Crippen MR) is 112 cm³/mol.